The maximum Gasteiger partial charge on any atom is 0.128 e. The summed E-state index contributed by atoms with van der Waals surface area (Å²) in [6.45, 7) is 2.85. The van der Waals surface area contributed by atoms with Gasteiger partial charge >= 0.3 is 0 Å². The van der Waals surface area contributed by atoms with Gasteiger partial charge in [0.25, 0.3) is 0 Å². The number of hydrogen-bond donors (Lipinski definition) is 0. The normalized spacial score (nSPS) is 10.4. The van der Waals surface area contributed by atoms with Gasteiger partial charge < -0.3 is 4.90 Å². The van der Waals surface area contributed by atoms with Crippen molar-refractivity contribution >= 4 is 33.1 Å². The van der Waals surface area contributed by atoms with Crippen LogP contribution in [0.15, 0.2) is 27.6 Å². The summed E-state index contributed by atoms with van der Waals surface area (Å²) in [4.78, 5) is 10.7. The van der Waals surface area contributed by atoms with Crippen LogP contribution < -0.4 is 4.90 Å². The van der Waals surface area contributed by atoms with Crippen LogP contribution in [0.3, 0.4) is 0 Å². The molecule has 2 rings (SSSR count). The predicted molar refractivity (Wildman–Crippen MR) is 70.9 cm³/mol. The second kappa shape index (κ2) is 4.93. The summed E-state index contributed by atoms with van der Waals surface area (Å²) in [5, 5.41) is 2.06. The molecule has 2 aromatic rings. The van der Waals surface area contributed by atoms with E-state index in [-0.39, 0.29) is 0 Å². The topological polar surface area (TPSA) is 29.0 Å². The number of halogens is 1. The van der Waals surface area contributed by atoms with E-state index >= 15 is 0 Å². The molecule has 0 saturated carbocycles. The Balaban J connectivity index is 2.14. The molecule has 2 aromatic heterocycles. The van der Waals surface area contributed by atoms with Crippen molar-refractivity contribution in [3.05, 3.63) is 38.9 Å². The molecule has 0 aliphatic carbocycles. The van der Waals surface area contributed by atoms with Crippen molar-refractivity contribution in [2.45, 2.75) is 13.5 Å². The van der Waals surface area contributed by atoms with Crippen molar-refractivity contribution in [1.82, 2.24) is 9.97 Å². The highest BCUT2D eigenvalue weighted by Gasteiger charge is 2.06. The van der Waals surface area contributed by atoms with Gasteiger partial charge in [0.15, 0.2) is 0 Å². The van der Waals surface area contributed by atoms with Crippen molar-refractivity contribution in [2.75, 3.05) is 11.9 Å². The third-order valence-electron chi connectivity index (χ3n) is 2.31. The Morgan fingerprint density at radius 3 is 2.88 bits per heavy atom. The highest BCUT2D eigenvalue weighted by molar-refractivity contribution is 9.10. The number of nitrogens with zero attached hydrogens (tertiary/aromatic N) is 3. The first-order valence-corrected chi connectivity index (χ1v) is 6.61. The van der Waals surface area contributed by atoms with Gasteiger partial charge in [-0.15, -0.1) is 11.3 Å². The lowest BCUT2D eigenvalue weighted by Gasteiger charge is -2.17. The number of anilines is 1. The van der Waals surface area contributed by atoms with E-state index in [0.29, 0.717) is 0 Å². The van der Waals surface area contributed by atoms with Crippen molar-refractivity contribution in [1.29, 1.82) is 0 Å². The molecule has 2 heterocycles. The van der Waals surface area contributed by atoms with Crippen LogP contribution in [-0.4, -0.2) is 17.0 Å². The van der Waals surface area contributed by atoms with Crippen LogP contribution in [0.25, 0.3) is 0 Å². The van der Waals surface area contributed by atoms with Crippen LogP contribution in [0.4, 0.5) is 5.82 Å². The largest absolute Gasteiger partial charge is 0.354 e. The number of hydrogen-bond acceptors (Lipinski definition) is 4. The second-order valence-electron chi connectivity index (χ2n) is 3.63. The maximum atomic E-state index is 4.37. The second-order valence-corrected chi connectivity index (χ2v) is 5.20. The average molecular weight is 298 g/mol. The van der Waals surface area contributed by atoms with Crippen LogP contribution in [0.2, 0.25) is 0 Å². The lowest BCUT2D eigenvalue weighted by atomic mass is 10.3. The minimum absolute atomic E-state index is 0.789. The summed E-state index contributed by atoms with van der Waals surface area (Å²) in [5.74, 6) is 0.966. The van der Waals surface area contributed by atoms with Crippen LogP contribution in [-0.2, 0) is 6.54 Å². The fourth-order valence-corrected chi connectivity index (χ4v) is 2.14. The molecule has 0 aromatic carbocycles. The molecule has 0 N–H and O–H groups in total. The van der Waals surface area contributed by atoms with Gasteiger partial charge in [0.05, 0.1) is 17.7 Å². The van der Waals surface area contributed by atoms with Gasteiger partial charge in [-0.05, 0) is 34.5 Å². The average Bonchev–Trinajstić information content (AvgIpc) is 2.74. The molecule has 0 aliphatic rings. The number of aryl methyl sites for hydroxylation is 1. The standard InChI is InChI=1S/C11H12BrN3S/c1-8-3-11(13-4-10(8)12)15(2)5-9-6-16-7-14-9/h3-4,6-7H,5H2,1-2H3. The minimum atomic E-state index is 0.789. The van der Waals surface area contributed by atoms with E-state index in [1.54, 1.807) is 11.3 Å². The minimum Gasteiger partial charge on any atom is -0.354 e. The van der Waals surface area contributed by atoms with Gasteiger partial charge in [0.1, 0.15) is 5.82 Å². The first-order chi connectivity index (χ1) is 7.66. The molecule has 84 valence electrons. The lowest BCUT2D eigenvalue weighted by molar-refractivity contribution is 0.872. The maximum absolute atomic E-state index is 4.37. The van der Waals surface area contributed by atoms with Crippen LogP contribution in [0, 0.1) is 6.92 Å². The SMILES string of the molecule is Cc1cc(N(C)Cc2cscn2)ncc1Br. The molecular formula is C11H12BrN3S. The number of aromatic nitrogens is 2. The van der Waals surface area contributed by atoms with Gasteiger partial charge in [0, 0.05) is 23.1 Å². The van der Waals surface area contributed by atoms with Crippen molar-refractivity contribution in [3.8, 4) is 0 Å². The molecule has 0 unspecified atom stereocenters. The van der Waals surface area contributed by atoms with E-state index < -0.39 is 0 Å². The molecular weight excluding hydrogens is 286 g/mol. The third-order valence-corrected chi connectivity index (χ3v) is 3.77. The van der Waals surface area contributed by atoms with Crippen molar-refractivity contribution in [2.24, 2.45) is 0 Å². The molecule has 0 radical (unpaired) electrons. The monoisotopic (exact) mass is 297 g/mol. The molecule has 3 nitrogen and oxygen atoms in total. The lowest BCUT2D eigenvalue weighted by Crippen LogP contribution is -2.17. The van der Waals surface area contributed by atoms with Gasteiger partial charge in [-0.25, -0.2) is 9.97 Å². The highest BCUT2D eigenvalue weighted by atomic mass is 79.9. The van der Waals surface area contributed by atoms with Crippen molar-refractivity contribution < 1.29 is 0 Å². The van der Waals surface area contributed by atoms with E-state index in [9.17, 15) is 0 Å². The van der Waals surface area contributed by atoms with E-state index in [4.69, 9.17) is 0 Å². The zero-order valence-electron chi connectivity index (χ0n) is 9.14. The summed E-state index contributed by atoms with van der Waals surface area (Å²) in [5.41, 5.74) is 4.12. The van der Waals surface area contributed by atoms with E-state index in [0.717, 1.165) is 22.5 Å². The predicted octanol–water partition coefficient (Wildman–Crippen LogP) is 3.25. The Morgan fingerprint density at radius 1 is 1.44 bits per heavy atom. The van der Waals surface area contributed by atoms with Crippen molar-refractivity contribution in [3.63, 3.8) is 0 Å². The summed E-state index contributed by atoms with van der Waals surface area (Å²) < 4.78 is 1.04. The molecule has 0 bridgehead atoms. The number of thiazole rings is 1. The molecule has 0 amide bonds. The number of pyridine rings is 1. The molecule has 0 aliphatic heterocycles. The quantitative estimate of drug-likeness (QED) is 0.871. The first kappa shape index (κ1) is 11.5. The Labute approximate surface area is 107 Å². The number of rotatable bonds is 3. The Kier molecular flexibility index (Phi) is 3.56. The molecule has 0 saturated heterocycles. The molecule has 16 heavy (non-hydrogen) atoms. The fourth-order valence-electron chi connectivity index (χ4n) is 1.37. The zero-order valence-corrected chi connectivity index (χ0v) is 11.5. The third kappa shape index (κ3) is 2.59. The van der Waals surface area contributed by atoms with Crippen LogP contribution >= 0.6 is 27.3 Å². The van der Waals surface area contributed by atoms with E-state index in [2.05, 4.69) is 49.2 Å². The van der Waals surface area contributed by atoms with Crippen LogP contribution in [0.1, 0.15) is 11.3 Å². The Bertz CT molecular complexity index is 470. The summed E-state index contributed by atoms with van der Waals surface area (Å²) in [6.07, 6.45) is 1.84. The Morgan fingerprint density at radius 2 is 2.25 bits per heavy atom. The smallest absolute Gasteiger partial charge is 0.128 e. The van der Waals surface area contributed by atoms with E-state index in [1.807, 2.05) is 18.8 Å². The zero-order chi connectivity index (χ0) is 11.5. The van der Waals surface area contributed by atoms with Gasteiger partial charge in [-0.3, -0.25) is 0 Å². The van der Waals surface area contributed by atoms with Gasteiger partial charge in [0.2, 0.25) is 0 Å². The van der Waals surface area contributed by atoms with Gasteiger partial charge in [-0.2, -0.15) is 0 Å². The van der Waals surface area contributed by atoms with Crippen LogP contribution in [0.5, 0.6) is 0 Å². The fraction of sp³-hybridized carbons (Fsp3) is 0.273. The highest BCUT2D eigenvalue weighted by Crippen LogP contribution is 2.20. The van der Waals surface area contributed by atoms with E-state index in [1.165, 1.54) is 5.56 Å². The summed E-state index contributed by atoms with van der Waals surface area (Å²) in [7, 11) is 2.02. The molecule has 0 atom stereocenters. The summed E-state index contributed by atoms with van der Waals surface area (Å²) >= 11 is 5.06. The first-order valence-electron chi connectivity index (χ1n) is 4.87. The molecule has 5 heteroatoms. The van der Waals surface area contributed by atoms with Gasteiger partial charge in [-0.1, -0.05) is 0 Å². The molecule has 0 fully saturated rings. The summed E-state index contributed by atoms with van der Waals surface area (Å²) in [6, 6.07) is 2.07. The Hall–Kier alpha value is -0.940. The molecule has 0 spiro atoms.